The number of nitrogens with two attached hydrogens (primary N) is 1. The third kappa shape index (κ3) is 4.85. The third-order valence-electron chi connectivity index (χ3n) is 6.41. The number of anilines is 3. The Kier molecular flexibility index (Phi) is 6.65. The molecule has 1 unspecified atom stereocenters. The van der Waals surface area contributed by atoms with Crippen molar-refractivity contribution in [1.82, 2.24) is 9.88 Å². The van der Waals surface area contributed by atoms with Gasteiger partial charge in [-0.1, -0.05) is 0 Å². The quantitative estimate of drug-likeness (QED) is 0.382. The van der Waals surface area contributed by atoms with E-state index in [1.165, 1.54) is 6.20 Å². The molecule has 182 valence electrons. The molecule has 0 spiro atoms. The maximum atomic E-state index is 14.9. The van der Waals surface area contributed by atoms with Crippen LogP contribution < -0.4 is 21.7 Å². The second-order valence-electron chi connectivity index (χ2n) is 8.82. The molecule has 1 fully saturated rings. The zero-order chi connectivity index (χ0) is 24.4. The van der Waals surface area contributed by atoms with Gasteiger partial charge in [-0.3, -0.25) is 4.99 Å². The first-order chi connectivity index (χ1) is 17.1. The lowest BCUT2D eigenvalue weighted by Gasteiger charge is -2.34. The van der Waals surface area contributed by atoms with Gasteiger partial charge in [0.15, 0.2) is 0 Å². The van der Waals surface area contributed by atoms with Crippen LogP contribution in [-0.4, -0.2) is 61.8 Å². The Labute approximate surface area is 207 Å². The van der Waals surface area contributed by atoms with E-state index in [2.05, 4.69) is 37.0 Å². The van der Waals surface area contributed by atoms with Crippen LogP contribution in [0.5, 0.6) is 0 Å². The molecule has 0 saturated carbocycles. The first kappa shape index (κ1) is 23.3. The lowest BCUT2D eigenvalue weighted by Crippen LogP contribution is -2.46. The molecular weight excluding hydrogens is 463 g/mol. The molecule has 3 heterocycles. The van der Waals surface area contributed by atoms with Gasteiger partial charge in [-0.2, -0.15) is 0 Å². The average molecular weight is 493 g/mol. The average Bonchev–Trinajstić information content (AvgIpc) is 3.32. The molecule has 0 bridgehead atoms. The topological polar surface area (TPSA) is 103 Å². The van der Waals surface area contributed by atoms with E-state index in [4.69, 9.17) is 5.73 Å². The minimum Gasteiger partial charge on any atom is -0.404 e. The molecule has 2 aliphatic rings. The fourth-order valence-electron chi connectivity index (χ4n) is 4.57. The smallest absolute Gasteiger partial charge is 0.148 e. The predicted octanol–water partition coefficient (Wildman–Crippen LogP) is 4.32. The number of rotatable bonds is 6. The van der Waals surface area contributed by atoms with Crippen LogP contribution in [0.3, 0.4) is 0 Å². The van der Waals surface area contributed by atoms with Crippen molar-refractivity contribution in [3.8, 4) is 0 Å². The van der Waals surface area contributed by atoms with Crippen LogP contribution in [0.4, 0.5) is 21.5 Å². The van der Waals surface area contributed by atoms with E-state index in [1.807, 2.05) is 41.7 Å². The molecule has 35 heavy (non-hydrogen) atoms. The second-order valence-corrected chi connectivity index (χ2v) is 9.70. The van der Waals surface area contributed by atoms with E-state index in [0.717, 1.165) is 50.5 Å². The summed E-state index contributed by atoms with van der Waals surface area (Å²) in [5, 5.41) is 10.2. The number of fused-ring (bicyclic) bond motifs is 2. The summed E-state index contributed by atoms with van der Waals surface area (Å²) < 4.78 is 16.0. The van der Waals surface area contributed by atoms with Gasteiger partial charge in [0, 0.05) is 66.3 Å². The Bertz CT molecular complexity index is 1300. The Morgan fingerprint density at radius 2 is 2.20 bits per heavy atom. The van der Waals surface area contributed by atoms with Gasteiger partial charge < -0.3 is 26.6 Å². The Morgan fingerprint density at radius 1 is 1.31 bits per heavy atom. The molecule has 10 heteroatoms. The van der Waals surface area contributed by atoms with E-state index < -0.39 is 6.17 Å². The molecule has 0 amide bonds. The standard InChI is InChI=1S/C25H29FN8S/c1-28-11-15(10-27)17-8-22-18(9-23(17)33-20-5-6-34(2)12-19(20)26)25(30-13-29-22)32-16-3-4-21-24(7-16)35-14-31-21/h3-4,7-11,13-14,19-20,25,32-33H,5-6,12,27H2,1-2H3,(H,29,30)/b15-10+,28-11?/t19-,20-,25?/m0/s1. The highest BCUT2D eigenvalue weighted by Gasteiger charge is 2.29. The van der Waals surface area contributed by atoms with Gasteiger partial charge in [0.1, 0.15) is 12.3 Å². The van der Waals surface area contributed by atoms with Gasteiger partial charge in [0.2, 0.25) is 0 Å². The molecule has 3 aromatic rings. The van der Waals surface area contributed by atoms with Crippen LogP contribution in [0.2, 0.25) is 0 Å². The minimum atomic E-state index is -0.973. The van der Waals surface area contributed by atoms with Gasteiger partial charge in [-0.15, -0.1) is 11.3 Å². The number of nitrogens with one attached hydrogen (secondary N) is 3. The van der Waals surface area contributed by atoms with E-state index in [9.17, 15) is 4.39 Å². The summed E-state index contributed by atoms with van der Waals surface area (Å²) in [4.78, 5) is 15.2. The molecule has 5 rings (SSSR count). The van der Waals surface area contributed by atoms with Crippen molar-refractivity contribution in [1.29, 1.82) is 0 Å². The van der Waals surface area contributed by atoms with Crippen molar-refractivity contribution in [2.75, 3.05) is 43.1 Å². The maximum absolute atomic E-state index is 14.9. The highest BCUT2D eigenvalue weighted by molar-refractivity contribution is 7.16. The maximum Gasteiger partial charge on any atom is 0.148 e. The van der Waals surface area contributed by atoms with Gasteiger partial charge in [0.05, 0.1) is 28.1 Å². The van der Waals surface area contributed by atoms with Crippen molar-refractivity contribution >= 4 is 56.7 Å². The molecule has 0 radical (unpaired) electrons. The summed E-state index contributed by atoms with van der Waals surface area (Å²) in [6, 6.07) is 9.85. The van der Waals surface area contributed by atoms with Gasteiger partial charge in [-0.25, -0.2) is 14.4 Å². The lowest BCUT2D eigenvalue weighted by atomic mass is 9.96. The van der Waals surface area contributed by atoms with Crippen LogP contribution in [-0.2, 0) is 0 Å². The van der Waals surface area contributed by atoms with E-state index in [1.54, 1.807) is 30.9 Å². The minimum absolute atomic E-state index is 0.291. The Morgan fingerprint density at radius 3 is 3.00 bits per heavy atom. The number of halogens is 1. The second kappa shape index (κ2) is 10.0. The van der Waals surface area contributed by atoms with Crippen LogP contribution in [0.15, 0.2) is 52.0 Å². The monoisotopic (exact) mass is 492 g/mol. The van der Waals surface area contributed by atoms with Crippen LogP contribution in [0, 0.1) is 0 Å². The van der Waals surface area contributed by atoms with Crippen molar-refractivity contribution in [2.45, 2.75) is 24.8 Å². The zero-order valence-electron chi connectivity index (χ0n) is 19.7. The number of hydrogen-bond acceptors (Lipinski definition) is 9. The van der Waals surface area contributed by atoms with Gasteiger partial charge >= 0.3 is 0 Å². The normalized spacial score (nSPS) is 22.8. The summed E-state index contributed by atoms with van der Waals surface area (Å²) in [6.07, 6.45) is 4.36. The molecule has 5 N–H and O–H groups in total. The van der Waals surface area contributed by atoms with E-state index in [-0.39, 0.29) is 12.2 Å². The number of benzene rings is 2. The SMILES string of the molecule is CN=C/C(=C\N)c1cc2c(cc1N[C@H]1CCN(C)C[C@@H]1F)C(Nc1ccc3ncsc3c1)N=CN2. The van der Waals surface area contributed by atoms with E-state index >= 15 is 0 Å². The summed E-state index contributed by atoms with van der Waals surface area (Å²) in [6.45, 7) is 1.24. The van der Waals surface area contributed by atoms with Crippen LogP contribution >= 0.6 is 11.3 Å². The number of alkyl halides is 1. The van der Waals surface area contributed by atoms with Crippen molar-refractivity contribution in [3.05, 3.63) is 53.2 Å². The summed E-state index contributed by atoms with van der Waals surface area (Å²) in [5.74, 6) is 0. The van der Waals surface area contributed by atoms with Crippen molar-refractivity contribution in [2.24, 2.45) is 15.7 Å². The number of allylic oxidation sites excluding steroid dienone is 1. The van der Waals surface area contributed by atoms with Crippen LogP contribution in [0.1, 0.15) is 23.7 Å². The Hall–Kier alpha value is -3.50. The number of aliphatic imine (C=N–C) groups is 2. The molecular formula is C25H29FN8S. The fourth-order valence-corrected chi connectivity index (χ4v) is 5.28. The van der Waals surface area contributed by atoms with Gasteiger partial charge in [0.25, 0.3) is 0 Å². The number of piperidine rings is 1. The molecule has 2 aliphatic heterocycles. The third-order valence-corrected chi connectivity index (χ3v) is 7.20. The Balaban J connectivity index is 1.51. The summed E-state index contributed by atoms with van der Waals surface area (Å²) >= 11 is 1.60. The first-order valence-corrected chi connectivity index (χ1v) is 12.4. The molecule has 8 nitrogen and oxygen atoms in total. The summed E-state index contributed by atoms with van der Waals surface area (Å²) in [7, 11) is 3.65. The molecule has 1 aromatic heterocycles. The number of thiazole rings is 1. The zero-order valence-corrected chi connectivity index (χ0v) is 20.5. The van der Waals surface area contributed by atoms with Crippen LogP contribution in [0.25, 0.3) is 15.8 Å². The largest absolute Gasteiger partial charge is 0.404 e. The van der Waals surface area contributed by atoms with Gasteiger partial charge in [-0.05, 0) is 43.8 Å². The van der Waals surface area contributed by atoms with Crippen molar-refractivity contribution in [3.63, 3.8) is 0 Å². The lowest BCUT2D eigenvalue weighted by molar-refractivity contribution is 0.149. The number of nitrogens with zero attached hydrogens (tertiary/aromatic N) is 4. The number of aromatic nitrogens is 1. The summed E-state index contributed by atoms with van der Waals surface area (Å²) in [5.41, 5.74) is 14.0. The predicted molar refractivity (Wildman–Crippen MR) is 146 cm³/mol. The molecule has 3 atom stereocenters. The highest BCUT2D eigenvalue weighted by Crippen LogP contribution is 2.38. The number of likely N-dealkylation sites (tertiary alicyclic amines) is 1. The molecule has 0 aliphatic carbocycles. The molecule has 2 aromatic carbocycles. The van der Waals surface area contributed by atoms with E-state index in [0.29, 0.717) is 13.0 Å². The number of hydrogen-bond donors (Lipinski definition) is 4. The fraction of sp³-hybridized carbons (Fsp3) is 0.320. The highest BCUT2D eigenvalue weighted by atomic mass is 32.1. The first-order valence-electron chi connectivity index (χ1n) is 11.5. The van der Waals surface area contributed by atoms with Crippen molar-refractivity contribution < 1.29 is 4.39 Å². The molecule has 1 saturated heterocycles.